The Balaban J connectivity index is 2.01. The van der Waals surface area contributed by atoms with Gasteiger partial charge >= 0.3 is 0 Å². The van der Waals surface area contributed by atoms with Gasteiger partial charge in [0.25, 0.3) is 0 Å². The SMILES string of the molecule is O=CC(c1ccccc1)c1cccc(-c2ccccc2)c1. The average molecular weight is 272 g/mol. The minimum Gasteiger partial charge on any atom is -0.302 e. The van der Waals surface area contributed by atoms with Crippen LogP contribution in [-0.2, 0) is 4.79 Å². The summed E-state index contributed by atoms with van der Waals surface area (Å²) in [5.74, 6) is -0.213. The summed E-state index contributed by atoms with van der Waals surface area (Å²) in [4.78, 5) is 11.6. The first-order chi connectivity index (χ1) is 10.4. The number of hydrogen-bond donors (Lipinski definition) is 0. The van der Waals surface area contributed by atoms with Crippen molar-refractivity contribution < 1.29 is 4.79 Å². The summed E-state index contributed by atoms with van der Waals surface area (Å²) < 4.78 is 0. The maximum Gasteiger partial charge on any atom is 0.131 e. The van der Waals surface area contributed by atoms with E-state index in [4.69, 9.17) is 0 Å². The van der Waals surface area contributed by atoms with E-state index in [0.29, 0.717) is 0 Å². The van der Waals surface area contributed by atoms with Crippen molar-refractivity contribution in [2.24, 2.45) is 0 Å². The Hall–Kier alpha value is -2.67. The normalized spacial score (nSPS) is 11.8. The number of aldehydes is 1. The molecule has 1 unspecified atom stereocenters. The van der Waals surface area contributed by atoms with Crippen LogP contribution in [0, 0.1) is 0 Å². The van der Waals surface area contributed by atoms with E-state index in [9.17, 15) is 4.79 Å². The minimum absolute atomic E-state index is 0.213. The van der Waals surface area contributed by atoms with Crippen LogP contribution in [-0.4, -0.2) is 6.29 Å². The summed E-state index contributed by atoms with van der Waals surface area (Å²) in [5, 5.41) is 0. The van der Waals surface area contributed by atoms with Crippen LogP contribution in [0.15, 0.2) is 84.9 Å². The lowest BCUT2D eigenvalue weighted by molar-refractivity contribution is -0.108. The van der Waals surface area contributed by atoms with E-state index >= 15 is 0 Å². The second kappa shape index (κ2) is 6.19. The van der Waals surface area contributed by atoms with Crippen molar-refractivity contribution in [3.8, 4) is 11.1 Å². The van der Waals surface area contributed by atoms with Gasteiger partial charge in [0.15, 0.2) is 0 Å². The molecule has 0 saturated carbocycles. The molecule has 0 aliphatic rings. The van der Waals surface area contributed by atoms with Gasteiger partial charge in [0.05, 0.1) is 5.92 Å². The molecule has 1 heteroatoms. The molecule has 0 heterocycles. The van der Waals surface area contributed by atoms with Crippen molar-refractivity contribution >= 4 is 6.29 Å². The Morgan fingerprint density at radius 2 is 1.19 bits per heavy atom. The Bertz CT molecular complexity index is 717. The predicted octanol–water partition coefficient (Wildman–Crippen LogP) is 4.68. The molecular weight excluding hydrogens is 256 g/mol. The van der Waals surface area contributed by atoms with Crippen molar-refractivity contribution in [2.45, 2.75) is 5.92 Å². The molecule has 0 saturated heterocycles. The summed E-state index contributed by atoms with van der Waals surface area (Å²) in [6, 6.07) is 28.3. The monoisotopic (exact) mass is 272 g/mol. The highest BCUT2D eigenvalue weighted by atomic mass is 16.1. The van der Waals surface area contributed by atoms with Gasteiger partial charge < -0.3 is 4.79 Å². The molecule has 0 amide bonds. The largest absolute Gasteiger partial charge is 0.302 e. The lowest BCUT2D eigenvalue weighted by Crippen LogP contribution is -2.02. The summed E-state index contributed by atoms with van der Waals surface area (Å²) in [7, 11) is 0. The second-order valence-electron chi connectivity index (χ2n) is 5.02. The molecule has 21 heavy (non-hydrogen) atoms. The number of rotatable bonds is 4. The third-order valence-corrected chi connectivity index (χ3v) is 3.65. The number of carbonyl (C=O) groups excluding carboxylic acids is 1. The van der Waals surface area contributed by atoms with Crippen molar-refractivity contribution in [3.05, 3.63) is 96.1 Å². The Morgan fingerprint density at radius 3 is 1.86 bits per heavy atom. The molecule has 0 aromatic heterocycles. The lowest BCUT2D eigenvalue weighted by Gasteiger charge is -2.12. The van der Waals surface area contributed by atoms with E-state index in [-0.39, 0.29) is 5.92 Å². The molecule has 0 spiro atoms. The van der Waals surface area contributed by atoms with Crippen LogP contribution in [0.4, 0.5) is 0 Å². The third-order valence-electron chi connectivity index (χ3n) is 3.65. The van der Waals surface area contributed by atoms with E-state index in [2.05, 4.69) is 24.3 Å². The second-order valence-corrected chi connectivity index (χ2v) is 5.02. The van der Waals surface area contributed by atoms with E-state index in [1.165, 1.54) is 0 Å². The lowest BCUT2D eigenvalue weighted by atomic mass is 9.90. The van der Waals surface area contributed by atoms with Crippen molar-refractivity contribution in [1.29, 1.82) is 0 Å². The molecule has 0 aliphatic carbocycles. The van der Waals surface area contributed by atoms with Crippen molar-refractivity contribution in [1.82, 2.24) is 0 Å². The summed E-state index contributed by atoms with van der Waals surface area (Å²) in [6.07, 6.45) is 1.01. The molecule has 3 aromatic carbocycles. The fraction of sp³-hybridized carbons (Fsp3) is 0.0500. The van der Waals surface area contributed by atoms with Crippen LogP contribution < -0.4 is 0 Å². The molecule has 3 aromatic rings. The van der Waals surface area contributed by atoms with Crippen LogP contribution in [0.25, 0.3) is 11.1 Å². The third kappa shape index (κ3) is 2.92. The molecule has 0 aliphatic heterocycles. The fourth-order valence-electron chi connectivity index (χ4n) is 2.55. The van der Waals surface area contributed by atoms with Gasteiger partial charge in [-0.15, -0.1) is 0 Å². The molecule has 102 valence electrons. The summed E-state index contributed by atoms with van der Waals surface area (Å²) in [5.41, 5.74) is 4.35. The van der Waals surface area contributed by atoms with Gasteiger partial charge in [-0.25, -0.2) is 0 Å². The van der Waals surface area contributed by atoms with Gasteiger partial charge in [0.1, 0.15) is 6.29 Å². The maximum atomic E-state index is 11.6. The molecule has 1 atom stereocenters. The van der Waals surface area contributed by atoms with Gasteiger partial charge in [-0.3, -0.25) is 0 Å². The Labute approximate surface area is 124 Å². The molecule has 3 rings (SSSR count). The highest BCUT2D eigenvalue weighted by Gasteiger charge is 2.13. The van der Waals surface area contributed by atoms with E-state index in [0.717, 1.165) is 28.5 Å². The van der Waals surface area contributed by atoms with E-state index in [1.807, 2.05) is 60.7 Å². The zero-order chi connectivity index (χ0) is 14.5. The number of carbonyl (C=O) groups is 1. The quantitative estimate of drug-likeness (QED) is 0.630. The zero-order valence-electron chi connectivity index (χ0n) is 11.6. The van der Waals surface area contributed by atoms with Gasteiger partial charge in [0.2, 0.25) is 0 Å². The van der Waals surface area contributed by atoms with E-state index in [1.54, 1.807) is 0 Å². The fourth-order valence-corrected chi connectivity index (χ4v) is 2.55. The molecule has 1 nitrogen and oxygen atoms in total. The van der Waals surface area contributed by atoms with Gasteiger partial charge in [0, 0.05) is 0 Å². The van der Waals surface area contributed by atoms with Gasteiger partial charge in [-0.1, -0.05) is 84.9 Å². The van der Waals surface area contributed by atoms with Crippen LogP contribution >= 0.6 is 0 Å². The Morgan fingerprint density at radius 1 is 0.619 bits per heavy atom. The smallest absolute Gasteiger partial charge is 0.131 e. The molecule has 0 bridgehead atoms. The first kappa shape index (κ1) is 13.3. The van der Waals surface area contributed by atoms with Crippen LogP contribution in [0.1, 0.15) is 17.0 Å². The minimum atomic E-state index is -0.213. The summed E-state index contributed by atoms with van der Waals surface area (Å²) in [6.45, 7) is 0. The predicted molar refractivity (Wildman–Crippen MR) is 86.2 cm³/mol. The summed E-state index contributed by atoms with van der Waals surface area (Å²) >= 11 is 0. The standard InChI is InChI=1S/C20H16O/c21-15-20(17-10-5-2-6-11-17)19-13-7-12-18(14-19)16-8-3-1-4-9-16/h1-15,20H. The number of benzene rings is 3. The topological polar surface area (TPSA) is 17.1 Å². The van der Waals surface area contributed by atoms with Gasteiger partial charge in [-0.05, 0) is 22.3 Å². The molecule has 0 fully saturated rings. The van der Waals surface area contributed by atoms with Crippen molar-refractivity contribution in [2.75, 3.05) is 0 Å². The molecule has 0 radical (unpaired) electrons. The first-order valence-electron chi connectivity index (χ1n) is 7.04. The molecular formula is C20H16O. The average Bonchev–Trinajstić information content (AvgIpc) is 2.58. The van der Waals surface area contributed by atoms with E-state index < -0.39 is 0 Å². The van der Waals surface area contributed by atoms with Crippen LogP contribution in [0.2, 0.25) is 0 Å². The highest BCUT2D eigenvalue weighted by molar-refractivity contribution is 5.71. The van der Waals surface area contributed by atoms with Crippen LogP contribution in [0.5, 0.6) is 0 Å². The maximum absolute atomic E-state index is 11.6. The highest BCUT2D eigenvalue weighted by Crippen LogP contribution is 2.27. The zero-order valence-corrected chi connectivity index (χ0v) is 11.6. The Kier molecular flexibility index (Phi) is 3.92. The van der Waals surface area contributed by atoms with Crippen LogP contribution in [0.3, 0.4) is 0 Å². The van der Waals surface area contributed by atoms with Gasteiger partial charge in [-0.2, -0.15) is 0 Å². The van der Waals surface area contributed by atoms with Crippen molar-refractivity contribution in [3.63, 3.8) is 0 Å². The number of hydrogen-bond acceptors (Lipinski definition) is 1. The molecule has 0 N–H and O–H groups in total. The first-order valence-corrected chi connectivity index (χ1v) is 7.04.